The monoisotopic (exact) mass is 466 g/mol. The first-order valence-corrected chi connectivity index (χ1v) is 12.2. The number of H-pyrrole nitrogens is 2. The van der Waals surface area contributed by atoms with Crippen molar-refractivity contribution in [3.63, 3.8) is 0 Å². The molecule has 174 valence electrons. The molecule has 0 saturated carbocycles. The van der Waals surface area contributed by atoms with Gasteiger partial charge in [0, 0.05) is 34.3 Å². The highest BCUT2D eigenvalue weighted by atomic mass is 14.8. The quantitative estimate of drug-likeness (QED) is 0.273. The van der Waals surface area contributed by atoms with Crippen molar-refractivity contribution >= 4 is 21.8 Å². The Morgan fingerprint density at radius 2 is 0.833 bits per heavy atom. The second-order valence-corrected chi connectivity index (χ2v) is 8.68. The smallest absolute Gasteiger partial charge is 0.0816 e. The maximum absolute atomic E-state index is 4.91. The van der Waals surface area contributed by atoms with E-state index in [9.17, 15) is 0 Å². The Labute approximate surface area is 209 Å². The molecule has 0 fully saturated rings. The summed E-state index contributed by atoms with van der Waals surface area (Å²) in [6.07, 6.45) is 4.14. The Hall–Kier alpha value is -4.70. The van der Waals surface area contributed by atoms with Crippen LogP contribution in [0.2, 0.25) is 0 Å². The number of hydrogen-bond donors (Lipinski definition) is 2. The zero-order valence-electron chi connectivity index (χ0n) is 19.9. The maximum Gasteiger partial charge on any atom is 0.0816 e. The molecule has 0 amide bonds. The summed E-state index contributed by atoms with van der Waals surface area (Å²) in [6, 6.07) is 37.5. The lowest BCUT2D eigenvalue weighted by Gasteiger charge is -1.97. The molecule has 0 saturated heterocycles. The Morgan fingerprint density at radius 3 is 1.28 bits per heavy atom. The molecule has 0 atom stereocenters. The predicted molar refractivity (Wildman–Crippen MR) is 148 cm³/mol. The highest BCUT2D eigenvalue weighted by molar-refractivity contribution is 5.95. The van der Waals surface area contributed by atoms with Gasteiger partial charge < -0.3 is 9.97 Å². The van der Waals surface area contributed by atoms with Crippen LogP contribution < -0.4 is 10.7 Å². The van der Waals surface area contributed by atoms with Gasteiger partial charge in [0.15, 0.2) is 0 Å². The van der Waals surface area contributed by atoms with Gasteiger partial charge in [0.05, 0.1) is 34.8 Å². The van der Waals surface area contributed by atoms with Gasteiger partial charge in [-0.2, -0.15) is 0 Å². The Bertz CT molecular complexity index is 1640. The van der Waals surface area contributed by atoms with Crippen molar-refractivity contribution in [3.8, 4) is 22.3 Å². The van der Waals surface area contributed by atoms with Crippen LogP contribution in [0.1, 0.15) is 0 Å². The van der Waals surface area contributed by atoms with Crippen molar-refractivity contribution in [2.75, 3.05) is 13.1 Å². The average Bonchev–Trinajstić information content (AvgIpc) is 3.42. The van der Waals surface area contributed by atoms with Crippen molar-refractivity contribution in [3.05, 3.63) is 132 Å². The molecule has 2 aromatic heterocycles. The topological polar surface area (TPSA) is 56.3 Å². The van der Waals surface area contributed by atoms with Gasteiger partial charge in [0.1, 0.15) is 0 Å². The Morgan fingerprint density at radius 1 is 0.444 bits per heavy atom. The minimum atomic E-state index is 0.602. The third-order valence-electron chi connectivity index (χ3n) is 6.44. The minimum Gasteiger partial charge on any atom is -0.359 e. The molecule has 0 aliphatic heterocycles. The van der Waals surface area contributed by atoms with E-state index >= 15 is 0 Å². The van der Waals surface area contributed by atoms with E-state index in [0.717, 1.165) is 21.7 Å². The highest BCUT2D eigenvalue weighted by Crippen LogP contribution is 2.27. The number of nitrogens with zero attached hydrogens (tertiary/aromatic N) is 2. The largest absolute Gasteiger partial charge is 0.359 e. The van der Waals surface area contributed by atoms with Crippen LogP contribution in [-0.4, -0.2) is 23.1 Å². The molecule has 0 bridgehead atoms. The summed E-state index contributed by atoms with van der Waals surface area (Å²) >= 11 is 0. The van der Waals surface area contributed by atoms with Crippen LogP contribution in [0.25, 0.3) is 44.1 Å². The third kappa shape index (κ3) is 4.25. The molecule has 4 nitrogen and oxygen atoms in total. The van der Waals surface area contributed by atoms with Crippen LogP contribution in [0, 0.1) is 0 Å². The molecule has 2 N–H and O–H groups in total. The lowest BCUT2D eigenvalue weighted by atomic mass is 10.1. The number of benzene rings is 2. The van der Waals surface area contributed by atoms with E-state index in [1.54, 1.807) is 0 Å². The molecule has 0 radical (unpaired) electrons. The SMILES string of the molecule is c1ccc(-c2c[nH]c3c(=NCCN=c4ccccc5c(-c6ccccc6)c[nH]c45)ccccc23)cc1. The molecule has 36 heavy (non-hydrogen) atoms. The lowest BCUT2D eigenvalue weighted by Crippen LogP contribution is -2.06. The van der Waals surface area contributed by atoms with E-state index < -0.39 is 0 Å². The number of aromatic amines is 2. The van der Waals surface area contributed by atoms with E-state index in [-0.39, 0.29) is 0 Å². The van der Waals surface area contributed by atoms with E-state index in [1.807, 2.05) is 24.3 Å². The van der Waals surface area contributed by atoms with Crippen molar-refractivity contribution in [2.24, 2.45) is 9.98 Å². The zero-order valence-corrected chi connectivity index (χ0v) is 19.9. The van der Waals surface area contributed by atoms with E-state index in [0.29, 0.717) is 13.1 Å². The summed E-state index contributed by atoms with van der Waals surface area (Å²) < 4.78 is 0. The zero-order chi connectivity index (χ0) is 24.2. The highest BCUT2D eigenvalue weighted by Gasteiger charge is 2.07. The Balaban J connectivity index is 1.34. The van der Waals surface area contributed by atoms with E-state index in [4.69, 9.17) is 9.98 Å². The van der Waals surface area contributed by atoms with Gasteiger partial charge in [0.2, 0.25) is 0 Å². The molecule has 4 heteroatoms. The van der Waals surface area contributed by atoms with Crippen molar-refractivity contribution in [2.45, 2.75) is 0 Å². The molecule has 6 aromatic rings. The second-order valence-electron chi connectivity index (χ2n) is 8.68. The van der Waals surface area contributed by atoms with Crippen LogP contribution in [-0.2, 0) is 0 Å². The van der Waals surface area contributed by atoms with Gasteiger partial charge in [-0.05, 0) is 23.3 Å². The van der Waals surface area contributed by atoms with Gasteiger partial charge >= 0.3 is 0 Å². The van der Waals surface area contributed by atoms with E-state index in [1.165, 1.54) is 33.0 Å². The molecular formula is C32H26N4. The van der Waals surface area contributed by atoms with Gasteiger partial charge in [-0.1, -0.05) is 97.1 Å². The molecule has 6 rings (SSSR count). The number of hydrogen-bond acceptors (Lipinski definition) is 2. The molecule has 0 aliphatic carbocycles. The molecule has 2 heterocycles. The van der Waals surface area contributed by atoms with Crippen LogP contribution >= 0.6 is 0 Å². The van der Waals surface area contributed by atoms with Crippen LogP contribution in [0.15, 0.2) is 132 Å². The van der Waals surface area contributed by atoms with Crippen LogP contribution in [0.3, 0.4) is 0 Å². The first-order chi connectivity index (χ1) is 17.9. The fraction of sp³-hybridized carbons (Fsp3) is 0.0625. The van der Waals surface area contributed by atoms with Crippen molar-refractivity contribution < 1.29 is 0 Å². The minimum absolute atomic E-state index is 0.602. The van der Waals surface area contributed by atoms with Gasteiger partial charge in [0.25, 0.3) is 0 Å². The fourth-order valence-corrected chi connectivity index (χ4v) is 4.72. The number of nitrogens with one attached hydrogen (secondary N) is 2. The van der Waals surface area contributed by atoms with Crippen molar-refractivity contribution in [1.82, 2.24) is 9.97 Å². The second kappa shape index (κ2) is 9.88. The van der Waals surface area contributed by atoms with Crippen molar-refractivity contribution in [1.29, 1.82) is 0 Å². The summed E-state index contributed by atoms with van der Waals surface area (Å²) in [5, 5.41) is 4.22. The number of rotatable bonds is 5. The number of fused-ring (bicyclic) bond motifs is 2. The summed E-state index contributed by atoms with van der Waals surface area (Å²) in [4.78, 5) is 16.7. The summed E-state index contributed by atoms with van der Waals surface area (Å²) in [7, 11) is 0. The molecule has 0 aliphatic rings. The Kier molecular flexibility index (Phi) is 5.99. The third-order valence-corrected chi connectivity index (χ3v) is 6.44. The van der Waals surface area contributed by atoms with Crippen LogP contribution in [0.5, 0.6) is 0 Å². The summed E-state index contributed by atoms with van der Waals surface area (Å²) in [5.41, 5.74) is 6.84. The number of aromatic nitrogens is 2. The average molecular weight is 467 g/mol. The molecule has 0 unspecified atom stereocenters. The summed E-state index contributed by atoms with van der Waals surface area (Å²) in [6.45, 7) is 1.20. The fourth-order valence-electron chi connectivity index (χ4n) is 4.72. The van der Waals surface area contributed by atoms with Gasteiger partial charge in [-0.3, -0.25) is 9.98 Å². The first-order valence-electron chi connectivity index (χ1n) is 12.2. The predicted octanol–water partition coefficient (Wildman–Crippen LogP) is 6.48. The van der Waals surface area contributed by atoms with E-state index in [2.05, 4.69) is 107 Å². The van der Waals surface area contributed by atoms with Crippen LogP contribution in [0.4, 0.5) is 0 Å². The maximum atomic E-state index is 4.91. The molecular weight excluding hydrogens is 440 g/mol. The normalized spacial score (nSPS) is 12.4. The molecule has 0 spiro atoms. The standard InChI is InChI=1S/C32H26N4/c1-3-11-23(12-4-1)27-21-35-31-25(27)15-7-9-17-29(31)33-19-20-34-30-18-10-8-16-26-28(22-36-32(26)30)24-13-5-2-6-14-24/h1-18,21-22,35-36H,19-20H2. The first kappa shape index (κ1) is 21.8. The lowest BCUT2D eigenvalue weighted by molar-refractivity contribution is 0.922. The van der Waals surface area contributed by atoms with Gasteiger partial charge in [-0.25, -0.2) is 0 Å². The molecule has 4 aromatic carbocycles. The summed E-state index contributed by atoms with van der Waals surface area (Å²) in [5.74, 6) is 0. The van der Waals surface area contributed by atoms with Gasteiger partial charge in [-0.15, -0.1) is 0 Å².